The third kappa shape index (κ3) is 7.48. The lowest BCUT2D eigenvalue weighted by molar-refractivity contribution is -0.125. The highest BCUT2D eigenvalue weighted by molar-refractivity contribution is 5.79. The number of hydrogen-bond acceptors (Lipinski definition) is 4. The van der Waals surface area contributed by atoms with Crippen LogP contribution in [0.2, 0.25) is 0 Å². The number of benzene rings is 1. The number of hydrogen-bond donors (Lipinski definition) is 2. The third-order valence-corrected chi connectivity index (χ3v) is 5.88. The summed E-state index contributed by atoms with van der Waals surface area (Å²) in [7, 11) is 2.02. The molecule has 0 unspecified atom stereocenters. The molecule has 2 aliphatic rings. The minimum atomic E-state index is -0.0255. The van der Waals surface area contributed by atoms with Crippen molar-refractivity contribution >= 4 is 11.8 Å². The van der Waals surface area contributed by atoms with Crippen LogP contribution in [-0.4, -0.2) is 56.0 Å². The molecule has 2 N–H and O–H groups in total. The smallest absolute Gasteiger partial charge is 0.224 e. The standard InChI is InChI=1S/C24H35N3O3/c1-27-17-20(24(29)25-16-19-8-4-2-5-9-19)12-13-21(18-27)26-23(28)14-15-30-22-10-6-3-7-11-22/h3,6-8,10-11,20-21H,2,4-5,9,12-18H2,1H3,(H,25,29)(H,26,28)/t20-,21+/m1/s1. The van der Waals surface area contributed by atoms with E-state index in [0.29, 0.717) is 19.6 Å². The first-order chi connectivity index (χ1) is 14.6. The van der Waals surface area contributed by atoms with E-state index in [1.807, 2.05) is 37.4 Å². The molecule has 2 amide bonds. The minimum absolute atomic E-state index is 0.00327. The molecule has 1 heterocycles. The second-order valence-electron chi connectivity index (χ2n) is 8.50. The molecule has 0 spiro atoms. The van der Waals surface area contributed by atoms with Crippen molar-refractivity contribution in [1.29, 1.82) is 0 Å². The zero-order chi connectivity index (χ0) is 21.2. The van der Waals surface area contributed by atoms with Gasteiger partial charge in [0.05, 0.1) is 18.9 Å². The van der Waals surface area contributed by atoms with Crippen molar-refractivity contribution in [2.24, 2.45) is 5.92 Å². The van der Waals surface area contributed by atoms with Crippen molar-refractivity contribution in [3.05, 3.63) is 42.0 Å². The molecule has 0 bridgehead atoms. The summed E-state index contributed by atoms with van der Waals surface area (Å²) in [4.78, 5) is 27.1. The van der Waals surface area contributed by atoms with Crippen LogP contribution in [0.3, 0.4) is 0 Å². The average Bonchev–Trinajstić information content (AvgIpc) is 2.94. The van der Waals surface area contributed by atoms with Crippen LogP contribution in [0.15, 0.2) is 42.0 Å². The van der Waals surface area contributed by atoms with Crippen molar-refractivity contribution in [1.82, 2.24) is 15.5 Å². The van der Waals surface area contributed by atoms with E-state index in [4.69, 9.17) is 4.74 Å². The Labute approximate surface area is 180 Å². The zero-order valence-corrected chi connectivity index (χ0v) is 18.1. The molecule has 164 valence electrons. The molecule has 0 radical (unpaired) electrons. The predicted octanol–water partition coefficient (Wildman–Crippen LogP) is 2.90. The van der Waals surface area contributed by atoms with Gasteiger partial charge in [0.15, 0.2) is 0 Å². The number of carbonyl (C=O) groups is 2. The summed E-state index contributed by atoms with van der Waals surface area (Å²) in [5, 5.41) is 6.25. The average molecular weight is 414 g/mol. The molecule has 0 aromatic heterocycles. The van der Waals surface area contributed by atoms with Crippen LogP contribution in [0.25, 0.3) is 0 Å². The molecule has 0 saturated carbocycles. The molecule has 1 saturated heterocycles. The number of likely N-dealkylation sites (tertiary alicyclic amines) is 1. The van der Waals surface area contributed by atoms with E-state index >= 15 is 0 Å². The number of likely N-dealkylation sites (N-methyl/N-ethyl adjacent to an activating group) is 1. The van der Waals surface area contributed by atoms with E-state index in [-0.39, 0.29) is 23.8 Å². The number of amides is 2. The summed E-state index contributed by atoms with van der Waals surface area (Å²) in [6.45, 7) is 2.54. The molecule has 1 aromatic carbocycles. The summed E-state index contributed by atoms with van der Waals surface area (Å²) >= 11 is 0. The number of para-hydroxylation sites is 1. The van der Waals surface area contributed by atoms with Gasteiger partial charge >= 0.3 is 0 Å². The van der Waals surface area contributed by atoms with Gasteiger partial charge in [0.25, 0.3) is 0 Å². The molecule has 1 aromatic rings. The Hall–Kier alpha value is -2.34. The Balaban J connectivity index is 1.38. The van der Waals surface area contributed by atoms with Gasteiger partial charge in [-0.2, -0.15) is 0 Å². The Morgan fingerprint density at radius 3 is 2.73 bits per heavy atom. The summed E-state index contributed by atoms with van der Waals surface area (Å²) in [6, 6.07) is 9.59. The molecular weight excluding hydrogens is 378 g/mol. The first-order valence-electron chi connectivity index (χ1n) is 11.2. The zero-order valence-electron chi connectivity index (χ0n) is 18.1. The number of rotatable bonds is 8. The fourth-order valence-corrected chi connectivity index (χ4v) is 4.23. The van der Waals surface area contributed by atoms with Crippen molar-refractivity contribution in [2.75, 3.05) is 33.3 Å². The predicted molar refractivity (Wildman–Crippen MR) is 118 cm³/mol. The molecule has 1 fully saturated rings. The number of ether oxygens (including phenoxy) is 1. The molecular formula is C24H35N3O3. The summed E-state index contributed by atoms with van der Waals surface area (Å²) in [5.41, 5.74) is 1.36. The third-order valence-electron chi connectivity index (χ3n) is 5.88. The van der Waals surface area contributed by atoms with Gasteiger partial charge in [0.2, 0.25) is 11.8 Å². The topological polar surface area (TPSA) is 70.7 Å². The summed E-state index contributed by atoms with van der Waals surface area (Å²) in [6.07, 6.45) is 8.94. The van der Waals surface area contributed by atoms with E-state index in [1.54, 1.807) is 0 Å². The van der Waals surface area contributed by atoms with E-state index < -0.39 is 0 Å². The molecule has 1 aliphatic carbocycles. The van der Waals surface area contributed by atoms with Gasteiger partial charge in [-0.3, -0.25) is 9.59 Å². The lowest BCUT2D eigenvalue weighted by Crippen LogP contribution is -2.42. The van der Waals surface area contributed by atoms with E-state index in [2.05, 4.69) is 21.6 Å². The molecule has 6 nitrogen and oxygen atoms in total. The van der Waals surface area contributed by atoms with Gasteiger partial charge in [-0.25, -0.2) is 0 Å². The maximum absolute atomic E-state index is 12.7. The van der Waals surface area contributed by atoms with Crippen LogP contribution in [0.5, 0.6) is 5.75 Å². The maximum Gasteiger partial charge on any atom is 0.224 e. The van der Waals surface area contributed by atoms with E-state index in [0.717, 1.165) is 44.5 Å². The highest BCUT2D eigenvalue weighted by atomic mass is 16.5. The Kier molecular flexibility index (Phi) is 8.75. The largest absolute Gasteiger partial charge is 0.493 e. The molecule has 2 atom stereocenters. The van der Waals surface area contributed by atoms with Crippen molar-refractivity contribution in [2.45, 2.75) is 51.0 Å². The van der Waals surface area contributed by atoms with Crippen LogP contribution in [0.4, 0.5) is 0 Å². The number of carbonyl (C=O) groups excluding carboxylic acids is 2. The van der Waals surface area contributed by atoms with Crippen molar-refractivity contribution in [3.63, 3.8) is 0 Å². The SMILES string of the molecule is CN1C[C@@H](NC(=O)CCOc2ccccc2)CC[C@@H](C(=O)NCC2=CCCCC2)C1. The van der Waals surface area contributed by atoms with Gasteiger partial charge in [0, 0.05) is 25.7 Å². The fraction of sp³-hybridized carbons (Fsp3) is 0.583. The van der Waals surface area contributed by atoms with E-state index in [9.17, 15) is 9.59 Å². The first kappa shape index (κ1) is 22.3. The van der Waals surface area contributed by atoms with Crippen LogP contribution in [0, 0.1) is 5.92 Å². The van der Waals surface area contributed by atoms with Crippen molar-refractivity contribution < 1.29 is 14.3 Å². The van der Waals surface area contributed by atoms with Crippen LogP contribution in [0.1, 0.15) is 44.9 Å². The Morgan fingerprint density at radius 1 is 1.13 bits per heavy atom. The number of allylic oxidation sites excluding steroid dienone is 1. The van der Waals surface area contributed by atoms with Crippen LogP contribution >= 0.6 is 0 Å². The quantitative estimate of drug-likeness (QED) is 0.643. The van der Waals surface area contributed by atoms with Crippen molar-refractivity contribution in [3.8, 4) is 5.75 Å². The van der Waals surface area contributed by atoms with Crippen LogP contribution in [-0.2, 0) is 9.59 Å². The minimum Gasteiger partial charge on any atom is -0.493 e. The lowest BCUT2D eigenvalue weighted by Gasteiger charge is -2.22. The Bertz CT molecular complexity index is 720. The number of nitrogens with one attached hydrogen (secondary N) is 2. The van der Waals surface area contributed by atoms with Gasteiger partial charge in [-0.05, 0) is 57.7 Å². The molecule has 1 aliphatic heterocycles. The number of nitrogens with zero attached hydrogens (tertiary/aromatic N) is 1. The monoisotopic (exact) mass is 413 g/mol. The van der Waals surface area contributed by atoms with Gasteiger partial charge in [-0.1, -0.05) is 29.8 Å². The van der Waals surface area contributed by atoms with E-state index in [1.165, 1.54) is 18.4 Å². The lowest BCUT2D eigenvalue weighted by atomic mass is 9.98. The first-order valence-corrected chi connectivity index (χ1v) is 11.2. The highest BCUT2D eigenvalue weighted by Gasteiger charge is 2.27. The van der Waals surface area contributed by atoms with Gasteiger partial charge in [-0.15, -0.1) is 0 Å². The second-order valence-corrected chi connectivity index (χ2v) is 8.50. The molecule has 3 rings (SSSR count). The molecule has 6 heteroatoms. The fourth-order valence-electron chi connectivity index (χ4n) is 4.23. The van der Waals surface area contributed by atoms with Crippen LogP contribution < -0.4 is 15.4 Å². The normalized spacial score (nSPS) is 22.5. The maximum atomic E-state index is 12.7. The van der Waals surface area contributed by atoms with Gasteiger partial charge < -0.3 is 20.3 Å². The highest BCUT2D eigenvalue weighted by Crippen LogP contribution is 2.19. The summed E-state index contributed by atoms with van der Waals surface area (Å²) < 4.78 is 5.61. The summed E-state index contributed by atoms with van der Waals surface area (Å²) in [5.74, 6) is 0.882. The molecule has 30 heavy (non-hydrogen) atoms. The van der Waals surface area contributed by atoms with Gasteiger partial charge in [0.1, 0.15) is 5.75 Å². The second kappa shape index (κ2) is 11.7. The Morgan fingerprint density at radius 2 is 1.97 bits per heavy atom.